The number of fused-ring (bicyclic) bond motifs is 1. The van der Waals surface area contributed by atoms with Gasteiger partial charge in [0.2, 0.25) is 0 Å². The quantitative estimate of drug-likeness (QED) is 0.890. The van der Waals surface area contributed by atoms with E-state index in [1.165, 1.54) is 0 Å². The van der Waals surface area contributed by atoms with Crippen LogP contribution in [0.25, 0.3) is 5.69 Å². The number of carbonyl (C=O) groups excluding carboxylic acids is 1. The summed E-state index contributed by atoms with van der Waals surface area (Å²) in [5.41, 5.74) is 9.36. The number of rotatable bonds is 2. The minimum Gasteiger partial charge on any atom is -0.336 e. The summed E-state index contributed by atoms with van der Waals surface area (Å²) in [6.45, 7) is 1.30. The van der Waals surface area contributed by atoms with Crippen molar-refractivity contribution in [3.63, 3.8) is 0 Å². The lowest BCUT2D eigenvalue weighted by Crippen LogP contribution is -2.32. The smallest absolute Gasteiger partial charge is 0.274 e. The Hall–Kier alpha value is -1.56. The molecule has 1 atom stereocenters. The zero-order valence-corrected chi connectivity index (χ0v) is 14.6. The molecule has 2 aromatic rings. The van der Waals surface area contributed by atoms with E-state index in [9.17, 15) is 4.79 Å². The van der Waals surface area contributed by atoms with Crippen LogP contribution in [0.4, 0.5) is 0 Å². The van der Waals surface area contributed by atoms with Gasteiger partial charge in [-0.25, -0.2) is 4.68 Å². The normalized spacial score (nSPS) is 19.8. The van der Waals surface area contributed by atoms with Crippen LogP contribution < -0.4 is 5.73 Å². The largest absolute Gasteiger partial charge is 0.336 e. The molecule has 5 nitrogen and oxygen atoms in total. The molecule has 0 unspecified atom stereocenters. The molecule has 1 aliphatic heterocycles. The summed E-state index contributed by atoms with van der Waals surface area (Å²) < 4.78 is 1.81. The number of hydrogen-bond donors (Lipinski definition) is 1. The molecule has 126 valence electrons. The monoisotopic (exact) mass is 364 g/mol. The van der Waals surface area contributed by atoms with Crippen molar-refractivity contribution in [3.05, 3.63) is 45.2 Å². The minimum atomic E-state index is -0.0232. The highest BCUT2D eigenvalue weighted by Crippen LogP contribution is 2.32. The predicted octanol–water partition coefficient (Wildman–Crippen LogP) is 2.84. The molecule has 1 aromatic heterocycles. The molecular weight excluding hydrogens is 347 g/mol. The van der Waals surface area contributed by atoms with Crippen LogP contribution in [0.5, 0.6) is 0 Å². The van der Waals surface area contributed by atoms with Crippen molar-refractivity contribution < 1.29 is 4.79 Å². The SMILES string of the molecule is N[C@@H]1CCN(C(=O)c2nn(-c3ccc(Cl)cc3Cl)c3c2CCC3)C1. The molecule has 1 aromatic carbocycles. The Kier molecular flexibility index (Phi) is 4.03. The van der Waals surface area contributed by atoms with E-state index < -0.39 is 0 Å². The lowest BCUT2D eigenvalue weighted by molar-refractivity contribution is 0.0783. The van der Waals surface area contributed by atoms with Crippen LogP contribution >= 0.6 is 23.2 Å². The Balaban J connectivity index is 1.76. The van der Waals surface area contributed by atoms with E-state index in [1.54, 1.807) is 17.0 Å². The van der Waals surface area contributed by atoms with Crippen molar-refractivity contribution in [2.24, 2.45) is 5.73 Å². The van der Waals surface area contributed by atoms with Crippen molar-refractivity contribution in [3.8, 4) is 5.69 Å². The molecule has 0 spiro atoms. The second-order valence-corrected chi connectivity index (χ2v) is 7.28. The molecule has 2 N–H and O–H groups in total. The van der Waals surface area contributed by atoms with Gasteiger partial charge in [0.25, 0.3) is 5.91 Å². The predicted molar refractivity (Wildman–Crippen MR) is 94.1 cm³/mol. The van der Waals surface area contributed by atoms with Crippen LogP contribution in [-0.2, 0) is 12.8 Å². The summed E-state index contributed by atoms with van der Waals surface area (Å²) in [4.78, 5) is 14.7. The molecule has 4 rings (SSSR count). The summed E-state index contributed by atoms with van der Waals surface area (Å²) in [7, 11) is 0. The molecule has 24 heavy (non-hydrogen) atoms. The molecule has 7 heteroatoms. The number of likely N-dealkylation sites (tertiary alicyclic amines) is 1. The van der Waals surface area contributed by atoms with Gasteiger partial charge in [0.15, 0.2) is 5.69 Å². The maximum Gasteiger partial charge on any atom is 0.274 e. The Bertz CT molecular complexity index is 817. The third-order valence-electron chi connectivity index (χ3n) is 4.78. The lowest BCUT2D eigenvalue weighted by Gasteiger charge is -2.14. The van der Waals surface area contributed by atoms with Crippen molar-refractivity contribution >= 4 is 29.1 Å². The van der Waals surface area contributed by atoms with Gasteiger partial charge in [-0.2, -0.15) is 5.10 Å². The molecule has 1 fully saturated rings. The lowest BCUT2D eigenvalue weighted by atomic mass is 10.2. The topological polar surface area (TPSA) is 64.2 Å². The van der Waals surface area contributed by atoms with Gasteiger partial charge < -0.3 is 10.6 Å². The average molecular weight is 365 g/mol. The van der Waals surface area contributed by atoms with E-state index in [1.807, 2.05) is 10.7 Å². The summed E-state index contributed by atoms with van der Waals surface area (Å²) in [6.07, 6.45) is 3.64. The van der Waals surface area contributed by atoms with Crippen molar-refractivity contribution in [2.45, 2.75) is 31.7 Å². The summed E-state index contributed by atoms with van der Waals surface area (Å²) in [5, 5.41) is 5.73. The molecule has 1 saturated heterocycles. The Morgan fingerprint density at radius 2 is 2.12 bits per heavy atom. The first-order chi connectivity index (χ1) is 11.5. The molecule has 2 heterocycles. The summed E-state index contributed by atoms with van der Waals surface area (Å²) >= 11 is 12.3. The van der Waals surface area contributed by atoms with Gasteiger partial charge in [0.1, 0.15) is 0 Å². The van der Waals surface area contributed by atoms with Gasteiger partial charge in [0.05, 0.1) is 10.7 Å². The highest BCUT2D eigenvalue weighted by Gasteiger charge is 2.32. The fraction of sp³-hybridized carbons (Fsp3) is 0.412. The van der Waals surface area contributed by atoms with E-state index in [-0.39, 0.29) is 11.9 Å². The number of benzene rings is 1. The van der Waals surface area contributed by atoms with Gasteiger partial charge in [0, 0.05) is 35.4 Å². The first-order valence-corrected chi connectivity index (χ1v) is 8.91. The third-order valence-corrected chi connectivity index (χ3v) is 5.32. The maximum atomic E-state index is 12.9. The van der Waals surface area contributed by atoms with Gasteiger partial charge in [-0.1, -0.05) is 23.2 Å². The van der Waals surface area contributed by atoms with Crippen LogP contribution in [-0.4, -0.2) is 39.7 Å². The number of amides is 1. The molecule has 0 bridgehead atoms. The van der Waals surface area contributed by atoms with Crippen molar-refractivity contribution in [1.82, 2.24) is 14.7 Å². The maximum absolute atomic E-state index is 12.9. The van der Waals surface area contributed by atoms with E-state index in [2.05, 4.69) is 5.10 Å². The Morgan fingerprint density at radius 3 is 2.83 bits per heavy atom. The Labute approximate surface area is 150 Å². The average Bonchev–Trinajstić information content (AvgIpc) is 3.23. The van der Waals surface area contributed by atoms with Crippen LogP contribution in [0.3, 0.4) is 0 Å². The fourth-order valence-corrected chi connectivity index (χ4v) is 4.07. The molecule has 0 radical (unpaired) electrons. The number of nitrogens with two attached hydrogens (primary N) is 1. The van der Waals surface area contributed by atoms with E-state index in [0.717, 1.165) is 42.6 Å². The molecule has 1 aliphatic carbocycles. The van der Waals surface area contributed by atoms with E-state index in [4.69, 9.17) is 28.9 Å². The third kappa shape index (κ3) is 2.61. The molecule has 0 saturated carbocycles. The molecule has 1 amide bonds. The van der Waals surface area contributed by atoms with Gasteiger partial charge in [-0.15, -0.1) is 0 Å². The zero-order chi connectivity index (χ0) is 16.8. The van der Waals surface area contributed by atoms with Crippen molar-refractivity contribution in [2.75, 3.05) is 13.1 Å². The highest BCUT2D eigenvalue weighted by atomic mass is 35.5. The number of hydrogen-bond acceptors (Lipinski definition) is 3. The standard InChI is InChI=1S/C17H18Cl2N4O/c18-10-4-5-15(13(19)8-10)23-14-3-1-2-12(14)16(21-23)17(24)22-7-6-11(20)9-22/h4-5,8,11H,1-3,6-7,9,20H2/t11-/m1/s1. The highest BCUT2D eigenvalue weighted by molar-refractivity contribution is 6.35. The van der Waals surface area contributed by atoms with E-state index >= 15 is 0 Å². The van der Waals surface area contributed by atoms with Crippen LogP contribution in [0, 0.1) is 0 Å². The fourth-order valence-electron chi connectivity index (χ4n) is 3.58. The minimum absolute atomic E-state index is 0.0232. The van der Waals surface area contributed by atoms with E-state index in [0.29, 0.717) is 28.8 Å². The number of halogens is 2. The van der Waals surface area contributed by atoms with Gasteiger partial charge in [-0.05, 0) is 43.9 Å². The second-order valence-electron chi connectivity index (χ2n) is 6.43. The van der Waals surface area contributed by atoms with Crippen molar-refractivity contribution in [1.29, 1.82) is 0 Å². The number of nitrogens with zero attached hydrogens (tertiary/aromatic N) is 3. The summed E-state index contributed by atoms with van der Waals surface area (Å²) in [6, 6.07) is 5.39. The van der Waals surface area contributed by atoms with Crippen LogP contribution in [0.15, 0.2) is 18.2 Å². The van der Waals surface area contributed by atoms with Gasteiger partial charge in [-0.3, -0.25) is 4.79 Å². The molecule has 2 aliphatic rings. The molecular formula is C17H18Cl2N4O. The van der Waals surface area contributed by atoms with Crippen LogP contribution in [0.1, 0.15) is 34.6 Å². The first kappa shape index (κ1) is 15.9. The first-order valence-electron chi connectivity index (χ1n) is 8.15. The number of aromatic nitrogens is 2. The summed E-state index contributed by atoms with van der Waals surface area (Å²) in [5.74, 6) is -0.0232. The van der Waals surface area contributed by atoms with Gasteiger partial charge >= 0.3 is 0 Å². The Morgan fingerprint density at radius 1 is 1.29 bits per heavy atom. The number of carbonyl (C=O) groups is 1. The van der Waals surface area contributed by atoms with Crippen LogP contribution in [0.2, 0.25) is 10.0 Å². The second kappa shape index (κ2) is 6.06. The zero-order valence-electron chi connectivity index (χ0n) is 13.1.